The summed E-state index contributed by atoms with van der Waals surface area (Å²) in [6.45, 7) is 0.912. The summed E-state index contributed by atoms with van der Waals surface area (Å²) in [6, 6.07) is 4.23. The van der Waals surface area contributed by atoms with E-state index in [9.17, 15) is 40.2 Å². The first-order valence-corrected chi connectivity index (χ1v) is 11.8. The van der Waals surface area contributed by atoms with Crippen LogP contribution in [0.3, 0.4) is 0 Å². The summed E-state index contributed by atoms with van der Waals surface area (Å²) in [7, 11) is 1.16. The molecule has 2 aliphatic rings. The third kappa shape index (κ3) is 6.62. The van der Waals surface area contributed by atoms with Crippen LogP contribution in [0.25, 0.3) is 0 Å². The second-order valence-corrected chi connectivity index (χ2v) is 8.71. The first kappa shape index (κ1) is 29.4. The van der Waals surface area contributed by atoms with E-state index in [4.69, 9.17) is 23.7 Å². The molecule has 1 saturated heterocycles. The highest BCUT2D eigenvalue weighted by molar-refractivity contribution is 5.90. The minimum atomic E-state index is -1.69. The molecule has 13 nitrogen and oxygen atoms in total. The summed E-state index contributed by atoms with van der Waals surface area (Å²) in [5, 5.41) is 58.8. The number of allylic oxidation sites excluding steroid dienone is 1. The Balaban J connectivity index is 1.71. The van der Waals surface area contributed by atoms with Crippen LogP contribution in [0.5, 0.6) is 11.5 Å². The minimum absolute atomic E-state index is 0.00894. The van der Waals surface area contributed by atoms with Crippen molar-refractivity contribution >= 4 is 11.9 Å². The quantitative estimate of drug-likeness (QED) is 0.131. The van der Waals surface area contributed by atoms with Gasteiger partial charge in [-0.3, -0.25) is 4.79 Å². The molecule has 0 saturated carbocycles. The number of carbonyl (C=O) groups excluding carboxylic acids is 2. The van der Waals surface area contributed by atoms with E-state index in [1.807, 2.05) is 0 Å². The number of phenols is 2. The van der Waals surface area contributed by atoms with Crippen LogP contribution < -0.4 is 0 Å². The normalized spacial score (nSPS) is 30.3. The number of ether oxygens (including phenoxy) is 5. The van der Waals surface area contributed by atoms with Gasteiger partial charge < -0.3 is 54.3 Å². The zero-order valence-electron chi connectivity index (χ0n) is 20.8. The molecular formula is C25H32O13. The van der Waals surface area contributed by atoms with Gasteiger partial charge in [0.1, 0.15) is 24.4 Å². The lowest BCUT2D eigenvalue weighted by molar-refractivity contribution is -0.327. The lowest BCUT2D eigenvalue weighted by Crippen LogP contribution is -2.60. The summed E-state index contributed by atoms with van der Waals surface area (Å²) < 4.78 is 26.7. The molecular weight excluding hydrogens is 508 g/mol. The first-order chi connectivity index (χ1) is 18.1. The molecule has 0 spiro atoms. The van der Waals surface area contributed by atoms with Crippen LogP contribution in [-0.2, 0) is 39.7 Å². The van der Waals surface area contributed by atoms with Gasteiger partial charge in [-0.1, -0.05) is 12.1 Å². The molecule has 210 valence electrons. The maximum absolute atomic E-state index is 12.7. The molecule has 38 heavy (non-hydrogen) atoms. The average Bonchev–Trinajstić information content (AvgIpc) is 2.90. The smallest absolute Gasteiger partial charge is 0.337 e. The van der Waals surface area contributed by atoms with E-state index in [1.165, 1.54) is 12.1 Å². The van der Waals surface area contributed by atoms with Crippen molar-refractivity contribution in [1.29, 1.82) is 0 Å². The number of aliphatic hydroxyl groups is 4. The molecule has 0 radical (unpaired) electrons. The standard InChI is InChI=1S/C25H32O13/c1-3-13-14(9-19(29)35-7-6-12-4-5-16(27)17(28)8-12)15(23(33)34-2)11-36-24(13)38-25-22(32)21(31)20(30)18(10-26)37-25/h3-5,8,11,14,18,20-22,24-28,30-32H,6-7,9-10H2,1-2H3/b13-3+/t14-,18+,20+,21-,22+,24+,25-/m0/s1. The van der Waals surface area contributed by atoms with Crippen molar-refractivity contribution < 1.29 is 63.9 Å². The maximum atomic E-state index is 12.7. The summed E-state index contributed by atoms with van der Waals surface area (Å²) in [6.07, 6.45) is -6.39. The number of methoxy groups -OCH3 is 1. The van der Waals surface area contributed by atoms with Gasteiger partial charge in [0.2, 0.25) is 6.29 Å². The fraction of sp³-hybridized carbons (Fsp3) is 0.520. The number of carbonyl (C=O) groups is 2. The van der Waals surface area contributed by atoms with Crippen molar-refractivity contribution in [3.63, 3.8) is 0 Å². The van der Waals surface area contributed by atoms with Crippen LogP contribution in [0.1, 0.15) is 18.9 Å². The van der Waals surface area contributed by atoms with Crippen LogP contribution >= 0.6 is 0 Å². The molecule has 7 atom stereocenters. The maximum Gasteiger partial charge on any atom is 0.337 e. The summed E-state index contributed by atoms with van der Waals surface area (Å²) >= 11 is 0. The Morgan fingerprint density at radius 3 is 2.45 bits per heavy atom. The molecule has 1 fully saturated rings. The Kier molecular flexibility index (Phi) is 10.1. The Hall–Kier alpha value is -3.20. The zero-order valence-corrected chi connectivity index (χ0v) is 20.8. The summed E-state index contributed by atoms with van der Waals surface area (Å²) in [4.78, 5) is 25.1. The topological polar surface area (TPSA) is 202 Å². The molecule has 2 heterocycles. The average molecular weight is 541 g/mol. The second-order valence-electron chi connectivity index (χ2n) is 8.71. The number of aliphatic hydroxyl groups excluding tert-OH is 4. The van der Waals surface area contributed by atoms with Crippen molar-refractivity contribution in [3.05, 3.63) is 47.2 Å². The number of esters is 2. The Morgan fingerprint density at radius 2 is 1.82 bits per heavy atom. The third-order valence-corrected chi connectivity index (χ3v) is 6.29. The van der Waals surface area contributed by atoms with E-state index in [1.54, 1.807) is 19.1 Å². The highest BCUT2D eigenvalue weighted by Crippen LogP contribution is 2.36. The summed E-state index contributed by atoms with van der Waals surface area (Å²) in [5.74, 6) is -2.89. The van der Waals surface area contributed by atoms with Crippen LogP contribution in [0.2, 0.25) is 0 Å². The predicted molar refractivity (Wildman–Crippen MR) is 126 cm³/mol. The van der Waals surface area contributed by atoms with Gasteiger partial charge in [0.15, 0.2) is 17.8 Å². The van der Waals surface area contributed by atoms with E-state index in [2.05, 4.69) is 0 Å². The Labute approximate surface area is 218 Å². The lowest BCUT2D eigenvalue weighted by Gasteiger charge is -2.41. The van der Waals surface area contributed by atoms with Crippen LogP contribution in [-0.4, -0.2) is 99.9 Å². The monoisotopic (exact) mass is 540 g/mol. The minimum Gasteiger partial charge on any atom is -0.504 e. The number of rotatable bonds is 9. The summed E-state index contributed by atoms with van der Waals surface area (Å²) in [5.41, 5.74) is 0.927. The molecule has 0 aromatic heterocycles. The van der Waals surface area contributed by atoms with Crippen LogP contribution in [0.4, 0.5) is 0 Å². The van der Waals surface area contributed by atoms with E-state index in [0.29, 0.717) is 11.1 Å². The number of hydrogen-bond donors (Lipinski definition) is 6. The highest BCUT2D eigenvalue weighted by Gasteiger charge is 2.46. The molecule has 0 bridgehead atoms. The largest absolute Gasteiger partial charge is 0.504 e. The molecule has 2 aliphatic heterocycles. The second kappa shape index (κ2) is 13.0. The molecule has 13 heteroatoms. The Bertz CT molecular complexity index is 1050. The van der Waals surface area contributed by atoms with Gasteiger partial charge in [0, 0.05) is 17.9 Å². The molecule has 0 amide bonds. The predicted octanol–water partition coefficient (Wildman–Crippen LogP) is -0.634. The van der Waals surface area contributed by atoms with E-state index < -0.39 is 61.5 Å². The molecule has 1 aromatic carbocycles. The van der Waals surface area contributed by atoms with E-state index in [0.717, 1.165) is 13.4 Å². The van der Waals surface area contributed by atoms with E-state index >= 15 is 0 Å². The van der Waals surface area contributed by atoms with Gasteiger partial charge in [-0.05, 0) is 24.6 Å². The number of phenolic OH excluding ortho intramolecular Hbond substituents is 2. The number of benzene rings is 1. The van der Waals surface area contributed by atoms with Gasteiger partial charge in [0.25, 0.3) is 0 Å². The van der Waals surface area contributed by atoms with Crippen molar-refractivity contribution in [1.82, 2.24) is 0 Å². The van der Waals surface area contributed by atoms with Crippen molar-refractivity contribution in [2.24, 2.45) is 5.92 Å². The fourth-order valence-electron chi connectivity index (χ4n) is 4.16. The third-order valence-electron chi connectivity index (χ3n) is 6.29. The fourth-order valence-corrected chi connectivity index (χ4v) is 4.16. The van der Waals surface area contributed by atoms with Crippen molar-refractivity contribution in [2.45, 2.75) is 56.8 Å². The zero-order chi connectivity index (χ0) is 28.0. The SMILES string of the molecule is C/C=C1/[C@@H](O[C@@H]2O[C@H](CO)[C@@H](O)[C@H](O)[C@H]2O)OC=C(C(=O)OC)[C@H]1CC(=O)OCCc1ccc(O)c(O)c1. The van der Waals surface area contributed by atoms with Gasteiger partial charge in [-0.15, -0.1) is 0 Å². The number of aromatic hydroxyl groups is 2. The van der Waals surface area contributed by atoms with Gasteiger partial charge in [-0.2, -0.15) is 0 Å². The van der Waals surface area contributed by atoms with Gasteiger partial charge >= 0.3 is 11.9 Å². The van der Waals surface area contributed by atoms with Crippen LogP contribution in [0.15, 0.2) is 41.7 Å². The lowest BCUT2D eigenvalue weighted by atomic mass is 9.86. The molecule has 0 aliphatic carbocycles. The van der Waals surface area contributed by atoms with Crippen molar-refractivity contribution in [2.75, 3.05) is 20.3 Å². The molecule has 0 unspecified atom stereocenters. The van der Waals surface area contributed by atoms with E-state index in [-0.39, 0.29) is 36.5 Å². The molecule has 3 rings (SSSR count). The first-order valence-electron chi connectivity index (χ1n) is 11.8. The number of hydrogen-bond acceptors (Lipinski definition) is 13. The van der Waals surface area contributed by atoms with Gasteiger partial charge in [0.05, 0.1) is 38.6 Å². The highest BCUT2D eigenvalue weighted by atomic mass is 16.8. The Morgan fingerprint density at radius 1 is 1.08 bits per heavy atom. The molecule has 1 aromatic rings. The molecule has 6 N–H and O–H groups in total. The van der Waals surface area contributed by atoms with Gasteiger partial charge in [-0.25, -0.2) is 4.79 Å². The van der Waals surface area contributed by atoms with Crippen LogP contribution in [0, 0.1) is 5.92 Å². The van der Waals surface area contributed by atoms with Crippen molar-refractivity contribution in [3.8, 4) is 11.5 Å².